The first-order chi connectivity index (χ1) is 10.2. The van der Waals surface area contributed by atoms with Gasteiger partial charge in [-0.2, -0.15) is 0 Å². The standard InChI is InChI=1S/C14H20N4O3S/c1-10(17(2)3)9-15-13(19)12-11-7-5-6-8-18(11)14(16-12)22(4,20)21/h5-8,10H,9H2,1-4H3,(H,15,19). The molecule has 1 amide bonds. The molecule has 1 unspecified atom stereocenters. The molecular weight excluding hydrogens is 304 g/mol. The van der Waals surface area contributed by atoms with Crippen LogP contribution in [0.25, 0.3) is 5.52 Å². The molecule has 0 aliphatic heterocycles. The van der Waals surface area contributed by atoms with Crippen molar-refractivity contribution in [1.82, 2.24) is 19.6 Å². The molecule has 0 radical (unpaired) electrons. The van der Waals surface area contributed by atoms with Gasteiger partial charge in [-0.05, 0) is 33.2 Å². The Kier molecular flexibility index (Phi) is 4.52. The van der Waals surface area contributed by atoms with Crippen LogP contribution < -0.4 is 5.32 Å². The van der Waals surface area contributed by atoms with Crippen molar-refractivity contribution in [3.8, 4) is 0 Å². The van der Waals surface area contributed by atoms with Crippen molar-refractivity contribution in [3.05, 3.63) is 30.1 Å². The van der Waals surface area contributed by atoms with Gasteiger partial charge in [0.25, 0.3) is 5.91 Å². The summed E-state index contributed by atoms with van der Waals surface area (Å²) in [4.78, 5) is 18.3. The number of carbonyl (C=O) groups is 1. The minimum atomic E-state index is -3.52. The number of aromatic nitrogens is 2. The summed E-state index contributed by atoms with van der Waals surface area (Å²) in [7, 11) is 0.319. The Hall–Kier alpha value is -1.93. The van der Waals surface area contributed by atoms with E-state index >= 15 is 0 Å². The fourth-order valence-corrected chi connectivity index (χ4v) is 2.72. The maximum atomic E-state index is 12.3. The van der Waals surface area contributed by atoms with Gasteiger partial charge >= 0.3 is 0 Å². The number of rotatable bonds is 5. The van der Waals surface area contributed by atoms with E-state index in [0.717, 1.165) is 6.26 Å². The van der Waals surface area contributed by atoms with E-state index in [1.54, 1.807) is 24.4 Å². The second-order valence-electron chi connectivity index (χ2n) is 5.49. The zero-order chi connectivity index (χ0) is 16.5. The van der Waals surface area contributed by atoms with Gasteiger partial charge in [0.2, 0.25) is 15.0 Å². The third-order valence-electron chi connectivity index (χ3n) is 3.50. The number of hydrogen-bond donors (Lipinski definition) is 1. The molecule has 0 spiro atoms. The van der Waals surface area contributed by atoms with Gasteiger partial charge < -0.3 is 10.2 Å². The fourth-order valence-electron chi connectivity index (χ4n) is 1.95. The van der Waals surface area contributed by atoms with Crippen molar-refractivity contribution >= 4 is 21.3 Å². The van der Waals surface area contributed by atoms with E-state index in [9.17, 15) is 13.2 Å². The number of nitrogens with one attached hydrogen (secondary N) is 1. The van der Waals surface area contributed by atoms with Crippen molar-refractivity contribution in [2.75, 3.05) is 26.9 Å². The van der Waals surface area contributed by atoms with Gasteiger partial charge in [0.15, 0.2) is 5.69 Å². The molecule has 8 heteroatoms. The number of pyridine rings is 1. The van der Waals surface area contributed by atoms with Gasteiger partial charge in [0.1, 0.15) is 0 Å². The number of hydrogen-bond acceptors (Lipinski definition) is 5. The van der Waals surface area contributed by atoms with Gasteiger partial charge in [-0.1, -0.05) is 6.07 Å². The molecular formula is C14H20N4O3S. The van der Waals surface area contributed by atoms with Crippen molar-refractivity contribution in [1.29, 1.82) is 0 Å². The van der Waals surface area contributed by atoms with E-state index in [2.05, 4.69) is 10.3 Å². The molecule has 22 heavy (non-hydrogen) atoms. The van der Waals surface area contributed by atoms with E-state index < -0.39 is 9.84 Å². The first-order valence-electron chi connectivity index (χ1n) is 6.83. The minimum Gasteiger partial charge on any atom is -0.349 e. The van der Waals surface area contributed by atoms with Crippen LogP contribution in [0.2, 0.25) is 0 Å². The van der Waals surface area contributed by atoms with E-state index in [0.29, 0.717) is 12.1 Å². The van der Waals surface area contributed by atoms with Crippen molar-refractivity contribution in [2.24, 2.45) is 0 Å². The number of likely N-dealkylation sites (N-methyl/N-ethyl adjacent to an activating group) is 1. The predicted molar refractivity (Wildman–Crippen MR) is 83.8 cm³/mol. The van der Waals surface area contributed by atoms with Gasteiger partial charge in [0, 0.05) is 25.0 Å². The second kappa shape index (κ2) is 6.05. The summed E-state index contributed by atoms with van der Waals surface area (Å²) >= 11 is 0. The van der Waals surface area contributed by atoms with Crippen molar-refractivity contribution in [2.45, 2.75) is 18.1 Å². The quantitative estimate of drug-likeness (QED) is 0.861. The lowest BCUT2D eigenvalue weighted by Gasteiger charge is -2.19. The van der Waals surface area contributed by atoms with E-state index in [-0.39, 0.29) is 22.8 Å². The van der Waals surface area contributed by atoms with E-state index in [1.165, 1.54) is 4.40 Å². The maximum Gasteiger partial charge on any atom is 0.272 e. The topological polar surface area (TPSA) is 83.8 Å². The number of imidazole rings is 1. The highest BCUT2D eigenvalue weighted by Gasteiger charge is 2.22. The Morgan fingerprint density at radius 1 is 1.41 bits per heavy atom. The zero-order valence-corrected chi connectivity index (χ0v) is 13.9. The number of sulfone groups is 1. The third-order valence-corrected chi connectivity index (χ3v) is 4.45. The summed E-state index contributed by atoms with van der Waals surface area (Å²) in [5, 5.41) is 2.66. The van der Waals surface area contributed by atoms with Gasteiger partial charge in [0.05, 0.1) is 5.52 Å². The average molecular weight is 324 g/mol. The highest BCUT2D eigenvalue weighted by Crippen LogP contribution is 2.16. The lowest BCUT2D eigenvalue weighted by molar-refractivity contribution is 0.0940. The molecule has 0 aliphatic rings. The van der Waals surface area contributed by atoms with Crippen LogP contribution in [0.4, 0.5) is 0 Å². The van der Waals surface area contributed by atoms with Crippen LogP contribution in [0.5, 0.6) is 0 Å². The van der Waals surface area contributed by atoms with Crippen LogP contribution in [0.1, 0.15) is 17.4 Å². The molecule has 0 aromatic carbocycles. The normalized spacial score (nSPS) is 13.5. The summed E-state index contributed by atoms with van der Waals surface area (Å²) in [5.74, 6) is -0.382. The van der Waals surface area contributed by atoms with Crippen LogP contribution in [0, 0.1) is 0 Å². The summed E-state index contributed by atoms with van der Waals surface area (Å²) in [6.07, 6.45) is 2.66. The molecule has 120 valence electrons. The molecule has 1 atom stereocenters. The number of carbonyl (C=O) groups excluding carboxylic acids is 1. The average Bonchev–Trinajstić information content (AvgIpc) is 2.83. The first kappa shape index (κ1) is 16.4. The molecule has 0 saturated heterocycles. The number of amides is 1. The van der Waals surface area contributed by atoms with E-state index in [4.69, 9.17) is 0 Å². The van der Waals surface area contributed by atoms with Crippen LogP contribution >= 0.6 is 0 Å². The lowest BCUT2D eigenvalue weighted by atomic mass is 10.3. The maximum absolute atomic E-state index is 12.3. The van der Waals surface area contributed by atoms with Crippen LogP contribution in [0.3, 0.4) is 0 Å². The zero-order valence-electron chi connectivity index (χ0n) is 13.1. The molecule has 0 saturated carbocycles. The molecule has 0 aliphatic carbocycles. The highest BCUT2D eigenvalue weighted by atomic mass is 32.2. The SMILES string of the molecule is CC(CNC(=O)c1nc(S(C)(=O)=O)n2ccccc12)N(C)C. The minimum absolute atomic E-state index is 0.118. The molecule has 7 nitrogen and oxygen atoms in total. The van der Waals surface area contributed by atoms with Gasteiger partial charge in [-0.15, -0.1) is 0 Å². The number of nitrogens with zero attached hydrogens (tertiary/aromatic N) is 3. The van der Waals surface area contributed by atoms with Crippen molar-refractivity contribution < 1.29 is 13.2 Å². The van der Waals surface area contributed by atoms with Crippen LogP contribution in [0.15, 0.2) is 29.6 Å². The van der Waals surface area contributed by atoms with E-state index in [1.807, 2.05) is 25.9 Å². The second-order valence-corrected chi connectivity index (χ2v) is 7.40. The third kappa shape index (κ3) is 3.28. The van der Waals surface area contributed by atoms with Gasteiger partial charge in [-0.3, -0.25) is 9.20 Å². The number of fused-ring (bicyclic) bond motifs is 1. The molecule has 2 aromatic heterocycles. The fraction of sp³-hybridized carbons (Fsp3) is 0.429. The van der Waals surface area contributed by atoms with Crippen molar-refractivity contribution in [3.63, 3.8) is 0 Å². The largest absolute Gasteiger partial charge is 0.349 e. The molecule has 2 rings (SSSR count). The molecule has 0 bridgehead atoms. The molecule has 2 heterocycles. The monoisotopic (exact) mass is 324 g/mol. The Balaban J connectivity index is 2.38. The smallest absolute Gasteiger partial charge is 0.272 e. The van der Waals surface area contributed by atoms with Crippen LogP contribution in [-0.4, -0.2) is 61.5 Å². The molecule has 1 N–H and O–H groups in total. The Labute approximate surface area is 129 Å². The van der Waals surface area contributed by atoms with Crippen LogP contribution in [-0.2, 0) is 9.84 Å². The molecule has 0 fully saturated rings. The summed E-state index contributed by atoms with van der Waals surface area (Å²) in [6, 6.07) is 5.26. The molecule has 2 aromatic rings. The lowest BCUT2D eigenvalue weighted by Crippen LogP contribution is -2.38. The Morgan fingerprint density at radius 3 is 2.68 bits per heavy atom. The Bertz CT molecular complexity index is 796. The predicted octanol–water partition coefficient (Wildman–Crippen LogP) is 0.418. The summed E-state index contributed by atoms with van der Waals surface area (Å²) in [5.41, 5.74) is 0.588. The Morgan fingerprint density at radius 2 is 2.09 bits per heavy atom. The summed E-state index contributed by atoms with van der Waals surface area (Å²) in [6.45, 7) is 2.43. The highest BCUT2D eigenvalue weighted by molar-refractivity contribution is 7.90. The summed E-state index contributed by atoms with van der Waals surface area (Å²) < 4.78 is 25.0. The first-order valence-corrected chi connectivity index (χ1v) is 8.72. The van der Waals surface area contributed by atoms with Gasteiger partial charge in [-0.25, -0.2) is 13.4 Å².